The molecule has 0 radical (unpaired) electrons. The molecule has 0 heterocycles. The van der Waals surface area contributed by atoms with Crippen molar-refractivity contribution in [2.75, 3.05) is 53.7 Å². The SMILES string of the molecule is CN=C(NCCCCOCCOC)NCCCOC1CCCCC1. The van der Waals surface area contributed by atoms with Crippen LogP contribution in [0.3, 0.4) is 0 Å². The molecule has 0 unspecified atom stereocenters. The van der Waals surface area contributed by atoms with Crippen LogP contribution < -0.4 is 10.6 Å². The first kappa shape index (κ1) is 21.2. The Labute approximate surface area is 147 Å². The lowest BCUT2D eigenvalue weighted by Crippen LogP contribution is -2.38. The molecule has 2 N–H and O–H groups in total. The van der Waals surface area contributed by atoms with E-state index in [1.54, 1.807) is 7.11 Å². The quantitative estimate of drug-likeness (QED) is 0.305. The minimum atomic E-state index is 0.502. The zero-order valence-electron chi connectivity index (χ0n) is 15.6. The number of hydrogen-bond acceptors (Lipinski definition) is 4. The van der Waals surface area contributed by atoms with E-state index in [2.05, 4.69) is 15.6 Å². The third kappa shape index (κ3) is 11.6. The highest BCUT2D eigenvalue weighted by Gasteiger charge is 2.12. The molecule has 0 aromatic heterocycles. The van der Waals surface area contributed by atoms with E-state index in [1.807, 2.05) is 7.05 Å². The standard InChI is InChI=1S/C18H37N3O3/c1-19-18(20-11-6-7-13-23-16-15-22-2)21-12-8-14-24-17-9-4-3-5-10-17/h17H,3-16H2,1-2H3,(H2,19,20,21). The van der Waals surface area contributed by atoms with Crippen molar-refractivity contribution in [3.05, 3.63) is 0 Å². The summed E-state index contributed by atoms with van der Waals surface area (Å²) in [4.78, 5) is 4.24. The van der Waals surface area contributed by atoms with E-state index in [0.717, 1.165) is 51.5 Å². The molecule has 0 saturated heterocycles. The Hall–Kier alpha value is -0.850. The molecule has 1 saturated carbocycles. The Morgan fingerprint density at radius 1 is 0.917 bits per heavy atom. The average Bonchev–Trinajstić information content (AvgIpc) is 2.62. The molecule has 0 aromatic rings. The van der Waals surface area contributed by atoms with E-state index in [-0.39, 0.29) is 0 Å². The minimum absolute atomic E-state index is 0.502. The molecule has 0 aliphatic heterocycles. The summed E-state index contributed by atoms with van der Waals surface area (Å²) in [5.41, 5.74) is 0. The molecule has 6 heteroatoms. The van der Waals surface area contributed by atoms with Gasteiger partial charge < -0.3 is 24.8 Å². The molecule has 24 heavy (non-hydrogen) atoms. The first-order valence-electron chi connectivity index (χ1n) is 9.49. The molecule has 0 aromatic carbocycles. The highest BCUT2D eigenvalue weighted by atomic mass is 16.5. The summed E-state index contributed by atoms with van der Waals surface area (Å²) in [6, 6.07) is 0. The van der Waals surface area contributed by atoms with Gasteiger partial charge in [-0.25, -0.2) is 0 Å². The van der Waals surface area contributed by atoms with Crippen LogP contribution in [-0.4, -0.2) is 65.7 Å². The van der Waals surface area contributed by atoms with Crippen molar-refractivity contribution in [2.45, 2.75) is 57.5 Å². The highest BCUT2D eigenvalue weighted by Crippen LogP contribution is 2.20. The number of nitrogens with one attached hydrogen (secondary N) is 2. The van der Waals surface area contributed by atoms with Crippen molar-refractivity contribution >= 4 is 5.96 Å². The molecule has 0 amide bonds. The summed E-state index contributed by atoms with van der Waals surface area (Å²) < 4.78 is 16.3. The van der Waals surface area contributed by atoms with Crippen LogP contribution in [0.5, 0.6) is 0 Å². The Morgan fingerprint density at radius 2 is 1.67 bits per heavy atom. The second kappa shape index (κ2) is 15.7. The van der Waals surface area contributed by atoms with Crippen molar-refractivity contribution < 1.29 is 14.2 Å². The van der Waals surface area contributed by atoms with Gasteiger partial charge in [-0.3, -0.25) is 4.99 Å². The number of methoxy groups -OCH3 is 1. The zero-order chi connectivity index (χ0) is 17.3. The maximum Gasteiger partial charge on any atom is 0.190 e. The average molecular weight is 344 g/mol. The van der Waals surface area contributed by atoms with Crippen LogP contribution in [0.4, 0.5) is 0 Å². The molecular weight excluding hydrogens is 306 g/mol. The predicted octanol–water partition coefficient (Wildman–Crippen LogP) is 2.33. The molecule has 0 bridgehead atoms. The van der Waals surface area contributed by atoms with Gasteiger partial charge in [-0.05, 0) is 32.1 Å². The number of unbranched alkanes of at least 4 members (excludes halogenated alkanes) is 1. The Kier molecular flexibility index (Phi) is 13.8. The fraction of sp³-hybridized carbons (Fsp3) is 0.944. The van der Waals surface area contributed by atoms with E-state index in [1.165, 1.54) is 32.1 Å². The zero-order valence-corrected chi connectivity index (χ0v) is 15.6. The van der Waals surface area contributed by atoms with Gasteiger partial charge >= 0.3 is 0 Å². The van der Waals surface area contributed by atoms with Crippen molar-refractivity contribution in [2.24, 2.45) is 4.99 Å². The summed E-state index contributed by atoms with van der Waals surface area (Å²) in [6.45, 7) is 4.77. The van der Waals surface area contributed by atoms with E-state index >= 15 is 0 Å². The van der Waals surface area contributed by atoms with Gasteiger partial charge in [0.05, 0.1) is 19.3 Å². The van der Waals surface area contributed by atoms with Crippen LogP contribution in [-0.2, 0) is 14.2 Å². The van der Waals surface area contributed by atoms with Gasteiger partial charge in [0.1, 0.15) is 0 Å². The molecule has 1 fully saturated rings. The predicted molar refractivity (Wildman–Crippen MR) is 98.7 cm³/mol. The number of ether oxygens (including phenoxy) is 3. The lowest BCUT2D eigenvalue weighted by Gasteiger charge is -2.22. The number of aliphatic imine (C=N–C) groups is 1. The summed E-state index contributed by atoms with van der Waals surface area (Å²) in [7, 11) is 3.50. The summed E-state index contributed by atoms with van der Waals surface area (Å²) in [5.74, 6) is 0.868. The van der Waals surface area contributed by atoms with Crippen molar-refractivity contribution in [3.63, 3.8) is 0 Å². The van der Waals surface area contributed by atoms with E-state index in [9.17, 15) is 0 Å². The van der Waals surface area contributed by atoms with Crippen LogP contribution in [0.1, 0.15) is 51.4 Å². The lowest BCUT2D eigenvalue weighted by molar-refractivity contribution is 0.0277. The summed E-state index contributed by atoms with van der Waals surface area (Å²) in [6.07, 6.45) is 10.2. The Balaban J connectivity index is 1.89. The molecule has 1 aliphatic rings. The van der Waals surface area contributed by atoms with E-state index in [4.69, 9.17) is 14.2 Å². The summed E-state index contributed by atoms with van der Waals surface area (Å²) in [5, 5.41) is 6.67. The lowest BCUT2D eigenvalue weighted by atomic mass is 9.98. The molecule has 0 atom stereocenters. The van der Waals surface area contributed by atoms with Gasteiger partial charge in [-0.2, -0.15) is 0 Å². The molecule has 1 aliphatic carbocycles. The highest BCUT2D eigenvalue weighted by molar-refractivity contribution is 5.79. The third-order valence-corrected chi connectivity index (χ3v) is 4.18. The number of guanidine groups is 1. The van der Waals surface area contributed by atoms with Crippen molar-refractivity contribution in [3.8, 4) is 0 Å². The van der Waals surface area contributed by atoms with Crippen LogP contribution in [0.2, 0.25) is 0 Å². The van der Waals surface area contributed by atoms with Gasteiger partial charge in [-0.1, -0.05) is 19.3 Å². The minimum Gasteiger partial charge on any atom is -0.382 e. The van der Waals surface area contributed by atoms with Crippen molar-refractivity contribution in [1.29, 1.82) is 0 Å². The normalized spacial score (nSPS) is 16.3. The maximum atomic E-state index is 5.93. The number of nitrogens with zero attached hydrogens (tertiary/aromatic N) is 1. The van der Waals surface area contributed by atoms with Crippen molar-refractivity contribution in [1.82, 2.24) is 10.6 Å². The molecule has 142 valence electrons. The second-order valence-electron chi connectivity index (χ2n) is 6.22. The molecule has 6 nitrogen and oxygen atoms in total. The van der Waals surface area contributed by atoms with E-state index < -0.39 is 0 Å². The van der Waals surface area contributed by atoms with Gasteiger partial charge in [0.2, 0.25) is 0 Å². The molecule has 0 spiro atoms. The summed E-state index contributed by atoms with van der Waals surface area (Å²) >= 11 is 0. The van der Waals surface area contributed by atoms with Crippen LogP contribution >= 0.6 is 0 Å². The Morgan fingerprint density at radius 3 is 2.38 bits per heavy atom. The fourth-order valence-electron chi connectivity index (χ4n) is 2.76. The van der Waals surface area contributed by atoms with Gasteiger partial charge in [0, 0.05) is 40.5 Å². The Bertz CT molecular complexity index is 308. The monoisotopic (exact) mass is 343 g/mol. The number of rotatable bonds is 13. The second-order valence-corrected chi connectivity index (χ2v) is 6.22. The topological polar surface area (TPSA) is 64.1 Å². The van der Waals surface area contributed by atoms with Gasteiger partial charge in [0.25, 0.3) is 0 Å². The van der Waals surface area contributed by atoms with Gasteiger partial charge in [-0.15, -0.1) is 0 Å². The van der Waals surface area contributed by atoms with E-state index in [0.29, 0.717) is 19.3 Å². The van der Waals surface area contributed by atoms with Crippen LogP contribution in [0.15, 0.2) is 4.99 Å². The largest absolute Gasteiger partial charge is 0.382 e. The first-order valence-corrected chi connectivity index (χ1v) is 9.49. The smallest absolute Gasteiger partial charge is 0.190 e. The van der Waals surface area contributed by atoms with Gasteiger partial charge in [0.15, 0.2) is 5.96 Å². The number of hydrogen-bond donors (Lipinski definition) is 2. The van der Waals surface area contributed by atoms with Crippen LogP contribution in [0.25, 0.3) is 0 Å². The molecule has 1 rings (SSSR count). The van der Waals surface area contributed by atoms with Crippen LogP contribution in [0, 0.1) is 0 Å². The maximum absolute atomic E-state index is 5.93. The first-order chi connectivity index (χ1) is 11.9. The third-order valence-electron chi connectivity index (χ3n) is 4.18. The molecular formula is C18H37N3O3. The fourth-order valence-corrected chi connectivity index (χ4v) is 2.76.